The molecule has 0 bridgehead atoms. The molecule has 0 fully saturated rings. The average Bonchev–Trinajstić information content (AvgIpc) is 2.92. The van der Waals surface area contributed by atoms with Gasteiger partial charge in [0.15, 0.2) is 0 Å². The summed E-state index contributed by atoms with van der Waals surface area (Å²) in [4.78, 5) is 0. The van der Waals surface area contributed by atoms with Crippen LogP contribution in [0.4, 0.5) is 61.5 Å². The summed E-state index contributed by atoms with van der Waals surface area (Å²) in [6.45, 7) is 2.51. The van der Waals surface area contributed by atoms with E-state index in [1.165, 1.54) is 13.0 Å². The summed E-state index contributed by atoms with van der Waals surface area (Å²) in [5, 5.41) is -1.32. The molecule has 4 rings (SSSR count). The lowest BCUT2D eigenvalue weighted by Gasteiger charge is -2.27. The predicted molar refractivity (Wildman–Crippen MR) is 157 cm³/mol. The number of hydrogen-bond donors (Lipinski definition) is 0. The van der Waals surface area contributed by atoms with Crippen molar-refractivity contribution in [2.24, 2.45) is 0 Å². The fraction of sp³-hybridized carbons (Fsp3) is 0.273. The lowest BCUT2D eigenvalue weighted by Crippen LogP contribution is -2.34. The van der Waals surface area contributed by atoms with Crippen molar-refractivity contribution in [2.45, 2.75) is 57.3 Å². The first-order valence-electron chi connectivity index (χ1n) is 13.7. The van der Waals surface area contributed by atoms with Gasteiger partial charge in [-0.1, -0.05) is 53.5 Å². The normalized spacial score (nSPS) is 13.3. The number of aryl methyl sites for hydroxylation is 2. The third-order valence-corrected chi connectivity index (χ3v) is 8.21. The topological polar surface area (TPSA) is 0 Å². The molecule has 0 unspecified atom stereocenters. The molecule has 0 amide bonds. The van der Waals surface area contributed by atoms with Crippen molar-refractivity contribution in [1.82, 2.24) is 0 Å². The van der Waals surface area contributed by atoms with E-state index >= 15 is 8.78 Å². The molecule has 0 N–H and O–H groups in total. The number of benzene rings is 4. The van der Waals surface area contributed by atoms with Crippen LogP contribution in [0.3, 0.4) is 0 Å². The van der Waals surface area contributed by atoms with Gasteiger partial charge < -0.3 is 0 Å². The van der Waals surface area contributed by atoms with Gasteiger partial charge in [0.1, 0.15) is 0 Å². The maximum absolute atomic E-state index is 15.2. The first kappa shape index (κ1) is 38.3. The molecule has 0 aliphatic carbocycles. The Morgan fingerprint density at radius 1 is 0.510 bits per heavy atom. The highest BCUT2D eigenvalue weighted by atomic mass is 35.5. The third kappa shape index (κ3) is 8.28. The molecule has 0 saturated carbocycles. The Morgan fingerprint density at radius 2 is 1.04 bits per heavy atom. The van der Waals surface area contributed by atoms with E-state index in [-0.39, 0.29) is 33.9 Å². The molecule has 4 aromatic rings. The first-order valence-corrected chi connectivity index (χ1v) is 14.5. The van der Waals surface area contributed by atoms with E-state index < -0.39 is 92.5 Å². The second kappa shape index (κ2) is 13.0. The van der Waals surface area contributed by atoms with Crippen molar-refractivity contribution in [2.75, 3.05) is 0 Å². The predicted octanol–water partition coefficient (Wildman–Crippen LogP) is 13.5. The van der Waals surface area contributed by atoms with Gasteiger partial charge in [0.2, 0.25) is 0 Å². The van der Waals surface area contributed by atoms with Crippen LogP contribution in [0.5, 0.6) is 0 Å². The molecule has 0 atom stereocenters. The zero-order chi connectivity index (χ0) is 37.1. The summed E-state index contributed by atoms with van der Waals surface area (Å²) in [6.07, 6.45) is -24.3. The van der Waals surface area contributed by atoms with Gasteiger partial charge in [-0.05, 0) is 77.6 Å². The van der Waals surface area contributed by atoms with E-state index in [0.29, 0.717) is 18.2 Å². The van der Waals surface area contributed by atoms with Crippen LogP contribution < -0.4 is 0 Å². The Hall–Kier alpha value is -3.52. The molecule has 0 spiro atoms. The van der Waals surface area contributed by atoms with Gasteiger partial charge in [0.05, 0.1) is 23.4 Å². The Labute approximate surface area is 279 Å². The maximum atomic E-state index is 15.2. The van der Waals surface area contributed by atoms with Crippen molar-refractivity contribution in [3.63, 3.8) is 0 Å². The summed E-state index contributed by atoms with van der Waals surface area (Å²) in [6, 6.07) is 7.20. The van der Waals surface area contributed by atoms with Crippen LogP contribution in [0, 0.1) is 13.8 Å². The monoisotopic (exact) mass is 752 g/mol. The van der Waals surface area contributed by atoms with Gasteiger partial charge in [0, 0.05) is 32.8 Å². The van der Waals surface area contributed by atoms with Crippen LogP contribution in [-0.4, -0.2) is 18.5 Å². The van der Waals surface area contributed by atoms with Gasteiger partial charge in [-0.2, -0.15) is 61.5 Å². The van der Waals surface area contributed by atoms with Crippen molar-refractivity contribution in [3.8, 4) is 33.4 Å². The van der Waals surface area contributed by atoms with E-state index in [1.807, 2.05) is 0 Å². The van der Waals surface area contributed by atoms with Gasteiger partial charge in [-0.3, -0.25) is 0 Å². The van der Waals surface area contributed by atoms with E-state index in [2.05, 4.69) is 0 Å². The summed E-state index contributed by atoms with van der Waals surface area (Å²) < 4.78 is 194. The number of hydrogen-bond acceptors (Lipinski definition) is 0. The average molecular weight is 753 g/mol. The summed E-state index contributed by atoms with van der Waals surface area (Å²) in [5.41, 5.74) is -8.42. The van der Waals surface area contributed by atoms with Gasteiger partial charge >= 0.3 is 30.6 Å². The maximum Gasteiger partial charge on any atom is 0.458 e. The molecule has 49 heavy (non-hydrogen) atoms. The zero-order valence-electron chi connectivity index (χ0n) is 24.7. The van der Waals surface area contributed by atoms with Crippen molar-refractivity contribution >= 4 is 23.2 Å². The molecule has 16 heteroatoms. The fourth-order valence-corrected chi connectivity index (χ4v) is 5.86. The Balaban J connectivity index is 2.22. The van der Waals surface area contributed by atoms with E-state index in [1.54, 1.807) is 0 Å². The standard InChI is InChI=1S/C33H20Cl2F14/c1-15-3-5-17(13-29(36,37)38)9-20(15)21-10-18(14-30(39,40)41)11-23(28(21)35)26-16(2)4-7-24(31(42,43)33(47,48)49)27(26)22-12-19(32(44,45)46)6-8-25(22)34/h3-12H,13-14H2,1-2H3. The molecule has 0 nitrogen and oxygen atoms in total. The highest BCUT2D eigenvalue weighted by molar-refractivity contribution is 6.37. The van der Waals surface area contributed by atoms with E-state index in [9.17, 15) is 52.7 Å². The lowest BCUT2D eigenvalue weighted by molar-refractivity contribution is -0.289. The first-order chi connectivity index (χ1) is 22.2. The van der Waals surface area contributed by atoms with E-state index in [4.69, 9.17) is 23.2 Å². The van der Waals surface area contributed by atoms with Crippen LogP contribution in [0.25, 0.3) is 33.4 Å². The van der Waals surface area contributed by atoms with Crippen LogP contribution in [-0.2, 0) is 24.9 Å². The minimum atomic E-state index is -6.31. The lowest BCUT2D eigenvalue weighted by atomic mass is 9.83. The second-order valence-electron chi connectivity index (χ2n) is 11.2. The Kier molecular flexibility index (Phi) is 10.1. The Morgan fingerprint density at radius 3 is 1.59 bits per heavy atom. The quantitative estimate of drug-likeness (QED) is 0.172. The number of alkyl halides is 14. The zero-order valence-corrected chi connectivity index (χ0v) is 26.2. The van der Waals surface area contributed by atoms with Crippen molar-refractivity contribution in [1.29, 1.82) is 0 Å². The minimum absolute atomic E-state index is 0.134. The molecule has 0 aliphatic rings. The number of halogens is 16. The third-order valence-electron chi connectivity index (χ3n) is 7.47. The van der Waals surface area contributed by atoms with Gasteiger partial charge in [-0.25, -0.2) is 0 Å². The molecule has 0 aromatic heterocycles. The van der Waals surface area contributed by atoms with Crippen LogP contribution in [0.15, 0.2) is 60.7 Å². The molecule has 0 aliphatic heterocycles. The summed E-state index contributed by atoms with van der Waals surface area (Å²) in [5.74, 6) is -5.75. The molecular formula is C33H20Cl2F14. The van der Waals surface area contributed by atoms with Crippen molar-refractivity contribution in [3.05, 3.63) is 104 Å². The smallest absolute Gasteiger partial charge is 0.191 e. The molecule has 4 aromatic carbocycles. The highest BCUT2D eigenvalue weighted by Crippen LogP contribution is 2.53. The van der Waals surface area contributed by atoms with Crippen molar-refractivity contribution < 1.29 is 61.5 Å². The summed E-state index contributed by atoms with van der Waals surface area (Å²) in [7, 11) is 0. The van der Waals surface area contributed by atoms with Crippen LogP contribution in [0.2, 0.25) is 10.0 Å². The van der Waals surface area contributed by atoms with Gasteiger partial charge in [-0.15, -0.1) is 0 Å². The number of rotatable bonds is 6. The fourth-order valence-electron chi connectivity index (χ4n) is 5.34. The van der Waals surface area contributed by atoms with Crippen LogP contribution in [0.1, 0.15) is 33.4 Å². The summed E-state index contributed by atoms with van der Waals surface area (Å²) >= 11 is 12.8. The largest absolute Gasteiger partial charge is 0.458 e. The molecular weight excluding hydrogens is 733 g/mol. The van der Waals surface area contributed by atoms with E-state index in [0.717, 1.165) is 37.3 Å². The second-order valence-corrected chi connectivity index (χ2v) is 12.0. The molecule has 0 radical (unpaired) electrons. The molecule has 264 valence electrons. The Bertz CT molecular complexity index is 1880. The van der Waals surface area contributed by atoms with Crippen LogP contribution >= 0.6 is 23.2 Å². The molecule has 0 saturated heterocycles. The van der Waals surface area contributed by atoms with Gasteiger partial charge in [0.25, 0.3) is 0 Å². The minimum Gasteiger partial charge on any atom is -0.191 e. The molecule has 0 heterocycles. The highest BCUT2D eigenvalue weighted by Gasteiger charge is 2.60. The SMILES string of the molecule is Cc1ccc(CC(F)(F)F)cc1-c1cc(CC(F)(F)F)cc(-c2c(C)ccc(C(F)(F)C(F)(F)F)c2-c2cc(C(F)(F)F)ccc2Cl)c1Cl.